The largest absolute Gasteiger partial charge is 0.451 e. The molecule has 0 aromatic heterocycles. The van der Waals surface area contributed by atoms with Crippen LogP contribution in [0.4, 0.5) is 0 Å². The summed E-state index contributed by atoms with van der Waals surface area (Å²) in [7, 11) is 0. The van der Waals surface area contributed by atoms with Gasteiger partial charge in [0.15, 0.2) is 11.2 Å². The van der Waals surface area contributed by atoms with Crippen LogP contribution in [0.5, 0.6) is 0 Å². The first kappa shape index (κ1) is 17.8. The van der Waals surface area contributed by atoms with Crippen LogP contribution in [0.1, 0.15) is 54.4 Å². The molecule has 4 nitrogen and oxygen atoms in total. The Morgan fingerprint density at radius 2 is 1.13 bits per heavy atom. The van der Waals surface area contributed by atoms with Crippen molar-refractivity contribution in [3.05, 3.63) is 24.3 Å². The van der Waals surface area contributed by atoms with Gasteiger partial charge in [-0.15, -0.1) is 0 Å². The first-order valence-electron chi connectivity index (χ1n) is 8.15. The number of hydrogen-bond donors (Lipinski definition) is 0. The first-order chi connectivity index (χ1) is 10.4. The van der Waals surface area contributed by atoms with Gasteiger partial charge < -0.3 is 9.47 Å². The van der Waals surface area contributed by atoms with Gasteiger partial charge in [-0.3, -0.25) is 0 Å². The fourth-order valence-corrected chi connectivity index (χ4v) is 4.89. The van der Waals surface area contributed by atoms with Crippen molar-refractivity contribution in [2.45, 2.75) is 65.6 Å². The summed E-state index contributed by atoms with van der Waals surface area (Å²) >= 11 is 0. The van der Waals surface area contributed by atoms with Crippen LogP contribution in [-0.2, 0) is 19.1 Å². The fraction of sp³-hybridized carbons (Fsp3) is 0.684. The Labute approximate surface area is 138 Å². The Balaban J connectivity index is 2.48. The van der Waals surface area contributed by atoms with Crippen LogP contribution in [0.3, 0.4) is 0 Å². The van der Waals surface area contributed by atoms with Gasteiger partial charge in [0.2, 0.25) is 0 Å². The monoisotopic (exact) mass is 320 g/mol. The van der Waals surface area contributed by atoms with E-state index >= 15 is 0 Å². The maximum absolute atomic E-state index is 12.2. The molecule has 0 aromatic carbocycles. The van der Waals surface area contributed by atoms with Crippen LogP contribution in [-0.4, -0.2) is 23.1 Å². The van der Waals surface area contributed by atoms with Gasteiger partial charge in [-0.25, -0.2) is 9.59 Å². The SMILES string of the molecule is C=C(C)C(=O)OC1(C)C2CCC(C2(C)C)C1(C)OC(=O)C(=C)C. The minimum atomic E-state index is -0.874. The molecule has 4 atom stereocenters. The first-order valence-corrected chi connectivity index (χ1v) is 8.15. The Bertz CT molecular complexity index is 538. The third-order valence-electron chi connectivity index (χ3n) is 6.16. The van der Waals surface area contributed by atoms with Gasteiger partial charge in [0, 0.05) is 23.0 Å². The smallest absolute Gasteiger partial charge is 0.333 e. The Morgan fingerprint density at radius 3 is 1.39 bits per heavy atom. The molecule has 0 aromatic rings. The van der Waals surface area contributed by atoms with Crippen molar-refractivity contribution >= 4 is 11.9 Å². The molecule has 0 saturated heterocycles. The molecule has 0 N–H and O–H groups in total. The van der Waals surface area contributed by atoms with Gasteiger partial charge in [0.25, 0.3) is 0 Å². The van der Waals surface area contributed by atoms with E-state index in [1.807, 2.05) is 13.8 Å². The highest BCUT2D eigenvalue weighted by molar-refractivity contribution is 5.88. The van der Waals surface area contributed by atoms with Crippen molar-refractivity contribution in [2.75, 3.05) is 0 Å². The Hall–Kier alpha value is -1.58. The summed E-state index contributed by atoms with van der Waals surface area (Å²) in [5.74, 6) is -0.612. The van der Waals surface area contributed by atoms with Crippen LogP contribution in [0, 0.1) is 17.3 Å². The van der Waals surface area contributed by atoms with Crippen molar-refractivity contribution in [1.29, 1.82) is 0 Å². The van der Waals surface area contributed by atoms with E-state index in [0.717, 1.165) is 12.8 Å². The Kier molecular flexibility index (Phi) is 4.03. The van der Waals surface area contributed by atoms with E-state index in [2.05, 4.69) is 27.0 Å². The third-order valence-corrected chi connectivity index (χ3v) is 6.16. The van der Waals surface area contributed by atoms with Gasteiger partial charge in [0.05, 0.1) is 0 Å². The second kappa shape index (κ2) is 5.22. The number of esters is 2. The van der Waals surface area contributed by atoms with Crippen LogP contribution < -0.4 is 0 Å². The quantitative estimate of drug-likeness (QED) is 0.584. The average molecular weight is 320 g/mol. The molecule has 2 bridgehead atoms. The predicted octanol–water partition coefficient (Wildman–Crippen LogP) is 3.81. The normalized spacial score (nSPS) is 37.3. The highest BCUT2D eigenvalue weighted by atomic mass is 16.6. The minimum Gasteiger partial charge on any atom is -0.451 e. The molecular weight excluding hydrogens is 292 g/mol. The molecule has 128 valence electrons. The van der Waals surface area contributed by atoms with Gasteiger partial charge in [0.1, 0.15) is 0 Å². The van der Waals surface area contributed by atoms with Gasteiger partial charge in [-0.05, 0) is 46.0 Å². The van der Waals surface area contributed by atoms with Crippen molar-refractivity contribution < 1.29 is 19.1 Å². The second-order valence-corrected chi connectivity index (χ2v) is 8.06. The number of carbonyl (C=O) groups excluding carboxylic acids is 2. The molecule has 2 aliphatic rings. The number of rotatable bonds is 4. The molecule has 2 saturated carbocycles. The molecule has 0 radical (unpaired) electrons. The van der Waals surface area contributed by atoms with E-state index in [4.69, 9.17) is 9.47 Å². The van der Waals surface area contributed by atoms with Crippen molar-refractivity contribution in [1.82, 2.24) is 0 Å². The predicted molar refractivity (Wildman–Crippen MR) is 88.6 cm³/mol. The Morgan fingerprint density at radius 1 is 0.826 bits per heavy atom. The van der Waals surface area contributed by atoms with E-state index in [9.17, 15) is 9.59 Å². The average Bonchev–Trinajstić information content (AvgIpc) is 2.77. The van der Waals surface area contributed by atoms with E-state index in [1.165, 1.54) is 0 Å². The molecule has 2 aliphatic carbocycles. The lowest BCUT2D eigenvalue weighted by Gasteiger charge is -2.47. The van der Waals surface area contributed by atoms with Crippen LogP contribution >= 0.6 is 0 Å². The van der Waals surface area contributed by atoms with Gasteiger partial charge >= 0.3 is 11.9 Å². The van der Waals surface area contributed by atoms with Crippen LogP contribution in [0.2, 0.25) is 0 Å². The topological polar surface area (TPSA) is 52.6 Å². The third kappa shape index (κ3) is 2.34. The molecule has 0 spiro atoms. The molecule has 2 fully saturated rings. The van der Waals surface area contributed by atoms with Gasteiger partial charge in [-0.1, -0.05) is 27.0 Å². The zero-order valence-electron chi connectivity index (χ0n) is 15.1. The molecule has 2 rings (SSSR count). The molecular formula is C19H28O4. The summed E-state index contributed by atoms with van der Waals surface area (Å²) in [5.41, 5.74) is -1.13. The van der Waals surface area contributed by atoms with Crippen LogP contribution in [0.25, 0.3) is 0 Å². The molecule has 0 amide bonds. The second-order valence-electron chi connectivity index (χ2n) is 8.06. The van der Waals surface area contributed by atoms with E-state index in [1.54, 1.807) is 13.8 Å². The number of fused-ring (bicyclic) bond motifs is 2. The lowest BCUT2D eigenvalue weighted by atomic mass is 9.73. The summed E-state index contributed by atoms with van der Waals surface area (Å²) in [6.45, 7) is 18.7. The number of ether oxygens (including phenoxy) is 2. The van der Waals surface area contributed by atoms with Crippen molar-refractivity contribution in [3.8, 4) is 0 Å². The molecule has 4 unspecified atom stereocenters. The summed E-state index contributed by atoms with van der Waals surface area (Å²) in [6.07, 6.45) is 1.91. The zero-order chi connectivity index (χ0) is 17.8. The molecule has 4 heteroatoms. The summed E-state index contributed by atoms with van der Waals surface area (Å²) in [6, 6.07) is 0. The van der Waals surface area contributed by atoms with E-state index in [-0.39, 0.29) is 17.3 Å². The fourth-order valence-electron chi connectivity index (χ4n) is 4.89. The highest BCUT2D eigenvalue weighted by Gasteiger charge is 2.75. The minimum absolute atomic E-state index is 0.0752. The molecule has 0 aliphatic heterocycles. The van der Waals surface area contributed by atoms with Crippen molar-refractivity contribution in [3.63, 3.8) is 0 Å². The summed E-state index contributed by atoms with van der Waals surface area (Å²) in [4.78, 5) is 24.4. The summed E-state index contributed by atoms with van der Waals surface area (Å²) in [5, 5.41) is 0. The molecule has 0 heterocycles. The number of carbonyl (C=O) groups is 2. The lowest BCUT2D eigenvalue weighted by Crippen LogP contribution is -2.59. The lowest BCUT2D eigenvalue weighted by molar-refractivity contribution is -0.215. The standard InChI is InChI=1S/C19H28O4/c1-11(2)15(20)22-18(7)13-9-10-14(17(13,5)6)19(18,8)23-16(21)12(3)4/h13-14H,1,3,9-10H2,2,4-8H3. The maximum atomic E-state index is 12.2. The van der Waals surface area contributed by atoms with E-state index < -0.39 is 23.1 Å². The van der Waals surface area contributed by atoms with Crippen LogP contribution in [0.15, 0.2) is 24.3 Å². The van der Waals surface area contributed by atoms with Crippen molar-refractivity contribution in [2.24, 2.45) is 17.3 Å². The van der Waals surface area contributed by atoms with E-state index in [0.29, 0.717) is 11.1 Å². The highest BCUT2D eigenvalue weighted by Crippen LogP contribution is 2.68. The molecule has 23 heavy (non-hydrogen) atoms. The summed E-state index contributed by atoms with van der Waals surface area (Å²) < 4.78 is 11.8. The van der Waals surface area contributed by atoms with Gasteiger partial charge in [-0.2, -0.15) is 0 Å². The zero-order valence-corrected chi connectivity index (χ0v) is 15.1. The maximum Gasteiger partial charge on any atom is 0.333 e. The number of hydrogen-bond acceptors (Lipinski definition) is 4.